The Bertz CT molecular complexity index is 412. The lowest BCUT2D eigenvalue weighted by Gasteiger charge is -2.47. The number of rotatable bonds is 4. The van der Waals surface area contributed by atoms with Crippen LogP contribution >= 0.6 is 0 Å². The van der Waals surface area contributed by atoms with Crippen molar-refractivity contribution in [1.82, 2.24) is 10.2 Å². The summed E-state index contributed by atoms with van der Waals surface area (Å²) in [6.45, 7) is 2.24. The molecule has 2 rings (SSSR count). The van der Waals surface area contributed by atoms with Gasteiger partial charge in [0.25, 0.3) is 0 Å². The Hall–Kier alpha value is -1.15. The molecule has 2 aliphatic heterocycles. The molecule has 0 saturated carbocycles. The highest BCUT2D eigenvalue weighted by atomic mass is 32.2. The predicted octanol–water partition coefficient (Wildman–Crippen LogP) is -0.217. The molecule has 2 heterocycles. The predicted molar refractivity (Wildman–Crippen MR) is 73.0 cm³/mol. The number of ether oxygens (including phenoxy) is 1. The van der Waals surface area contributed by atoms with Crippen LogP contribution in [-0.4, -0.2) is 69.1 Å². The molecule has 0 unspecified atom stereocenters. The molecule has 2 amide bonds. The minimum atomic E-state index is -1.01. The van der Waals surface area contributed by atoms with E-state index in [9.17, 15) is 13.8 Å². The van der Waals surface area contributed by atoms with Crippen LogP contribution < -0.4 is 5.32 Å². The number of likely N-dealkylation sites (tertiary alicyclic amines) is 1. The molecule has 0 radical (unpaired) electrons. The second-order valence-corrected chi connectivity index (χ2v) is 7.26. The molecule has 0 aromatic carbocycles. The highest BCUT2D eigenvalue weighted by molar-refractivity contribution is 7.85. The molecule has 0 bridgehead atoms. The number of hydrogen-bond donors (Lipinski definition) is 2. The summed E-state index contributed by atoms with van der Waals surface area (Å²) in [4.78, 5) is 24.0. The first kappa shape index (κ1) is 15.2. The Morgan fingerprint density at radius 2 is 2.00 bits per heavy atom. The number of nitrogens with one attached hydrogen (secondary N) is 1. The van der Waals surface area contributed by atoms with E-state index in [1.165, 1.54) is 0 Å². The fourth-order valence-corrected chi connectivity index (χ4v) is 3.74. The first-order chi connectivity index (χ1) is 9.38. The minimum Gasteiger partial charge on any atom is -0.480 e. The van der Waals surface area contributed by atoms with Gasteiger partial charge in [-0.15, -0.1) is 0 Å². The van der Waals surface area contributed by atoms with Crippen molar-refractivity contribution in [3.63, 3.8) is 0 Å². The summed E-state index contributed by atoms with van der Waals surface area (Å²) in [5.74, 6) is 0.277. The van der Waals surface area contributed by atoms with Crippen LogP contribution in [0.25, 0.3) is 0 Å². The molecule has 8 heteroatoms. The smallest absolute Gasteiger partial charge is 0.329 e. The summed E-state index contributed by atoms with van der Waals surface area (Å²) >= 11 is 0. The van der Waals surface area contributed by atoms with Gasteiger partial charge in [0.15, 0.2) is 0 Å². The normalized spacial score (nSPS) is 28.6. The number of hydrogen-bond acceptors (Lipinski definition) is 4. The number of carbonyl (C=O) groups excluding carboxylic acids is 1. The maximum absolute atomic E-state index is 12.0. The van der Waals surface area contributed by atoms with Crippen molar-refractivity contribution in [3.05, 3.63) is 0 Å². The Balaban J connectivity index is 1.70. The molecule has 0 aromatic heterocycles. The van der Waals surface area contributed by atoms with Crippen LogP contribution in [0.2, 0.25) is 0 Å². The first-order valence-electron chi connectivity index (χ1n) is 6.64. The third-order valence-corrected chi connectivity index (χ3v) is 4.98. The molecule has 0 atom stereocenters. The maximum atomic E-state index is 12.0. The molecule has 114 valence electrons. The van der Waals surface area contributed by atoms with Crippen LogP contribution in [0.5, 0.6) is 0 Å². The average Bonchev–Trinajstić information content (AvgIpc) is 2.35. The summed E-state index contributed by atoms with van der Waals surface area (Å²) in [6, 6.07) is -0.0638. The summed E-state index contributed by atoms with van der Waals surface area (Å²) in [6.07, 6.45) is 1.50. The number of urea groups is 1. The summed E-state index contributed by atoms with van der Waals surface area (Å²) < 4.78 is 16.5. The number of aliphatic carboxylic acids is 1. The van der Waals surface area contributed by atoms with E-state index in [2.05, 4.69) is 5.32 Å². The van der Waals surface area contributed by atoms with Crippen LogP contribution in [0.1, 0.15) is 19.8 Å². The standard InChI is InChI=1S/C12H20N2O5S/c1-12(19-6-10(15)16)7-14(8-12)11(17)13-9-2-4-20(18)5-3-9/h9H,2-8H2,1H3,(H,13,17)(H,15,16). The van der Waals surface area contributed by atoms with Crippen molar-refractivity contribution in [2.24, 2.45) is 0 Å². The topological polar surface area (TPSA) is 95.9 Å². The van der Waals surface area contributed by atoms with Crippen LogP contribution in [0.4, 0.5) is 4.79 Å². The Morgan fingerprint density at radius 1 is 1.40 bits per heavy atom. The second-order valence-electron chi connectivity index (χ2n) is 5.56. The second kappa shape index (κ2) is 6.09. The van der Waals surface area contributed by atoms with E-state index in [1.807, 2.05) is 0 Å². The SMILES string of the molecule is CC1(OCC(=O)O)CN(C(=O)NC2CCS(=O)CC2)C1. The molecular formula is C12H20N2O5S. The van der Waals surface area contributed by atoms with Crippen molar-refractivity contribution in [1.29, 1.82) is 0 Å². The van der Waals surface area contributed by atoms with Crippen molar-refractivity contribution < 1.29 is 23.6 Å². The summed E-state index contributed by atoms with van der Waals surface area (Å²) in [7, 11) is -0.734. The average molecular weight is 304 g/mol. The van der Waals surface area contributed by atoms with E-state index >= 15 is 0 Å². The monoisotopic (exact) mass is 304 g/mol. The molecule has 20 heavy (non-hydrogen) atoms. The zero-order valence-corrected chi connectivity index (χ0v) is 12.3. The molecule has 0 aliphatic carbocycles. The fourth-order valence-electron chi connectivity index (χ4n) is 2.44. The van der Waals surface area contributed by atoms with Gasteiger partial charge in [-0.05, 0) is 19.8 Å². The van der Waals surface area contributed by atoms with Gasteiger partial charge >= 0.3 is 12.0 Å². The van der Waals surface area contributed by atoms with E-state index in [0.717, 1.165) is 12.8 Å². The van der Waals surface area contributed by atoms with Gasteiger partial charge in [-0.2, -0.15) is 0 Å². The Morgan fingerprint density at radius 3 is 2.55 bits per heavy atom. The van der Waals surface area contributed by atoms with Crippen LogP contribution in [0.3, 0.4) is 0 Å². The molecule has 0 spiro atoms. The van der Waals surface area contributed by atoms with Gasteiger partial charge in [0.1, 0.15) is 12.2 Å². The first-order valence-corrected chi connectivity index (χ1v) is 8.13. The zero-order chi connectivity index (χ0) is 14.8. The highest BCUT2D eigenvalue weighted by Gasteiger charge is 2.43. The zero-order valence-electron chi connectivity index (χ0n) is 11.5. The van der Waals surface area contributed by atoms with Crippen molar-refractivity contribution in [2.75, 3.05) is 31.2 Å². The quantitative estimate of drug-likeness (QED) is 0.749. The van der Waals surface area contributed by atoms with Crippen LogP contribution in [0, 0.1) is 0 Å². The number of amides is 2. The minimum absolute atomic E-state index is 0.0898. The van der Waals surface area contributed by atoms with E-state index < -0.39 is 22.4 Å². The van der Waals surface area contributed by atoms with Gasteiger partial charge in [-0.3, -0.25) is 4.21 Å². The number of nitrogens with zero attached hydrogens (tertiary/aromatic N) is 1. The van der Waals surface area contributed by atoms with Crippen LogP contribution in [-0.2, 0) is 20.3 Å². The lowest BCUT2D eigenvalue weighted by atomic mass is 9.97. The highest BCUT2D eigenvalue weighted by Crippen LogP contribution is 2.24. The number of carboxylic acid groups (broad SMARTS) is 1. The molecule has 2 saturated heterocycles. The molecule has 2 N–H and O–H groups in total. The molecular weight excluding hydrogens is 284 g/mol. The molecule has 7 nitrogen and oxygen atoms in total. The van der Waals surface area contributed by atoms with E-state index in [4.69, 9.17) is 9.84 Å². The van der Waals surface area contributed by atoms with Gasteiger partial charge in [0.05, 0.1) is 13.1 Å². The lowest BCUT2D eigenvalue weighted by Crippen LogP contribution is -2.66. The van der Waals surface area contributed by atoms with Gasteiger partial charge in [0.2, 0.25) is 0 Å². The van der Waals surface area contributed by atoms with E-state index in [1.54, 1.807) is 11.8 Å². The van der Waals surface area contributed by atoms with Gasteiger partial charge < -0.3 is 20.1 Å². The molecule has 2 fully saturated rings. The number of carbonyl (C=O) groups is 2. The summed E-state index contributed by atoms with van der Waals surface area (Å²) in [5.41, 5.74) is -0.566. The van der Waals surface area contributed by atoms with E-state index in [-0.39, 0.29) is 18.7 Å². The Labute approximate surface area is 120 Å². The third-order valence-electron chi connectivity index (χ3n) is 3.60. The van der Waals surface area contributed by atoms with Crippen LogP contribution in [0.15, 0.2) is 0 Å². The number of carboxylic acids is 1. The van der Waals surface area contributed by atoms with Crippen molar-refractivity contribution >= 4 is 22.8 Å². The third kappa shape index (κ3) is 3.92. The fraction of sp³-hybridized carbons (Fsp3) is 0.833. The largest absolute Gasteiger partial charge is 0.480 e. The van der Waals surface area contributed by atoms with Crippen molar-refractivity contribution in [2.45, 2.75) is 31.4 Å². The summed E-state index contributed by atoms with van der Waals surface area (Å²) in [5, 5.41) is 11.5. The maximum Gasteiger partial charge on any atom is 0.329 e. The van der Waals surface area contributed by atoms with Gasteiger partial charge in [-0.1, -0.05) is 0 Å². The van der Waals surface area contributed by atoms with Crippen molar-refractivity contribution in [3.8, 4) is 0 Å². The lowest BCUT2D eigenvalue weighted by molar-refractivity contribution is -0.159. The molecule has 2 aliphatic rings. The van der Waals surface area contributed by atoms with E-state index in [0.29, 0.717) is 24.6 Å². The molecule has 0 aromatic rings. The van der Waals surface area contributed by atoms with Gasteiger partial charge in [-0.25, -0.2) is 9.59 Å². The van der Waals surface area contributed by atoms with Gasteiger partial charge in [0, 0.05) is 28.3 Å². The Kier molecular flexibility index (Phi) is 4.64.